The molecule has 3 amide bonds. The van der Waals surface area contributed by atoms with E-state index in [0.717, 1.165) is 11.4 Å². The maximum atomic E-state index is 12.4. The number of carbonyl (C=O) groups is 3. The van der Waals surface area contributed by atoms with Crippen LogP contribution in [0.15, 0.2) is 48.5 Å². The lowest BCUT2D eigenvalue weighted by Crippen LogP contribution is -2.28. The molecule has 0 bridgehead atoms. The lowest BCUT2D eigenvalue weighted by molar-refractivity contribution is -0.123. The molecule has 3 aromatic rings. The zero-order valence-corrected chi connectivity index (χ0v) is 27.8. The molecule has 2 heterocycles. The highest BCUT2D eigenvalue weighted by atomic mass is 32.1. The molecular formula is C33H45N7O4S. The Balaban J connectivity index is 1.69. The van der Waals surface area contributed by atoms with Gasteiger partial charge in [-0.15, -0.1) is 0 Å². The number of aromatic hydroxyl groups is 1. The number of anilines is 3. The average molecular weight is 636 g/mol. The van der Waals surface area contributed by atoms with Gasteiger partial charge in [-0.25, -0.2) is 9.97 Å². The number of hydrogen-bond donors (Lipinski definition) is 7. The van der Waals surface area contributed by atoms with Crippen LogP contribution in [0.1, 0.15) is 70.5 Å². The van der Waals surface area contributed by atoms with Gasteiger partial charge in [-0.05, 0) is 42.2 Å². The molecule has 0 aliphatic heterocycles. The first-order chi connectivity index (χ1) is 21.2. The van der Waals surface area contributed by atoms with Crippen molar-refractivity contribution in [1.82, 2.24) is 20.6 Å². The van der Waals surface area contributed by atoms with Gasteiger partial charge in [-0.1, -0.05) is 53.7 Å². The normalized spacial score (nSPS) is 11.6. The van der Waals surface area contributed by atoms with Gasteiger partial charge in [0.15, 0.2) is 0 Å². The molecule has 3 rings (SSSR count). The SMILES string of the molecule is CC(C)(C)C(=O)Nc1cccc(CNCc2cc(NC(=O)CCS)cc(CNCc3cccc(NC(=O)C(C)(C)C)n3)c2O)n1. The molecule has 0 saturated heterocycles. The van der Waals surface area contributed by atoms with Crippen LogP contribution in [-0.2, 0) is 40.6 Å². The number of nitrogens with one attached hydrogen (secondary N) is 5. The lowest BCUT2D eigenvalue weighted by Gasteiger charge is -2.18. The first-order valence-electron chi connectivity index (χ1n) is 14.9. The topological polar surface area (TPSA) is 157 Å². The van der Waals surface area contributed by atoms with Crippen molar-refractivity contribution in [3.63, 3.8) is 0 Å². The summed E-state index contributed by atoms with van der Waals surface area (Å²) in [5, 5.41) is 26.3. The predicted molar refractivity (Wildman–Crippen MR) is 181 cm³/mol. The summed E-state index contributed by atoms with van der Waals surface area (Å²) in [7, 11) is 0. The maximum Gasteiger partial charge on any atom is 0.230 e. The summed E-state index contributed by atoms with van der Waals surface area (Å²) in [5.74, 6) is 1.02. The van der Waals surface area contributed by atoms with Gasteiger partial charge in [0.25, 0.3) is 0 Å². The molecule has 12 heteroatoms. The van der Waals surface area contributed by atoms with E-state index in [1.54, 1.807) is 24.3 Å². The summed E-state index contributed by atoms with van der Waals surface area (Å²) in [4.78, 5) is 46.1. The Morgan fingerprint density at radius 3 is 1.56 bits per heavy atom. The predicted octanol–water partition coefficient (Wildman–Crippen LogP) is 4.99. The molecule has 242 valence electrons. The quantitative estimate of drug-likeness (QED) is 0.102. The van der Waals surface area contributed by atoms with Crippen LogP contribution in [0, 0.1) is 10.8 Å². The van der Waals surface area contributed by atoms with Crippen LogP contribution in [0.3, 0.4) is 0 Å². The third-order valence-electron chi connectivity index (χ3n) is 6.59. The molecule has 0 saturated carbocycles. The van der Waals surface area contributed by atoms with Gasteiger partial charge in [-0.2, -0.15) is 12.6 Å². The lowest BCUT2D eigenvalue weighted by atomic mass is 9.96. The number of pyridine rings is 2. The summed E-state index contributed by atoms with van der Waals surface area (Å²) >= 11 is 4.14. The summed E-state index contributed by atoms with van der Waals surface area (Å²) < 4.78 is 0. The molecule has 11 nitrogen and oxygen atoms in total. The number of phenols is 1. The molecule has 0 radical (unpaired) electrons. The van der Waals surface area contributed by atoms with Gasteiger partial charge >= 0.3 is 0 Å². The summed E-state index contributed by atoms with van der Waals surface area (Å²) in [5.41, 5.74) is 2.10. The number of amides is 3. The highest BCUT2D eigenvalue weighted by Gasteiger charge is 2.22. The van der Waals surface area contributed by atoms with Gasteiger partial charge in [-0.3, -0.25) is 14.4 Å². The number of aromatic nitrogens is 2. The Bertz CT molecular complexity index is 1400. The average Bonchev–Trinajstić information content (AvgIpc) is 2.94. The number of hydrogen-bond acceptors (Lipinski definition) is 9. The molecule has 6 N–H and O–H groups in total. The fourth-order valence-electron chi connectivity index (χ4n) is 3.98. The Hall–Kier alpha value is -4.00. The van der Waals surface area contributed by atoms with Crippen LogP contribution < -0.4 is 26.6 Å². The second-order valence-corrected chi connectivity index (χ2v) is 13.3. The maximum absolute atomic E-state index is 12.4. The van der Waals surface area contributed by atoms with E-state index in [-0.39, 0.29) is 29.9 Å². The largest absolute Gasteiger partial charge is 0.507 e. The van der Waals surface area contributed by atoms with E-state index in [9.17, 15) is 19.5 Å². The first kappa shape index (κ1) is 35.5. The zero-order chi connectivity index (χ0) is 33.2. The van der Waals surface area contributed by atoms with E-state index in [4.69, 9.17) is 0 Å². The summed E-state index contributed by atoms with van der Waals surface area (Å²) in [6.07, 6.45) is 0.257. The van der Waals surface area contributed by atoms with E-state index >= 15 is 0 Å². The molecule has 1 aromatic carbocycles. The van der Waals surface area contributed by atoms with Crippen molar-refractivity contribution in [3.8, 4) is 5.75 Å². The molecule has 0 aliphatic carbocycles. The van der Waals surface area contributed by atoms with Gasteiger partial charge in [0.1, 0.15) is 17.4 Å². The Kier molecular flexibility index (Phi) is 12.5. The van der Waals surface area contributed by atoms with Crippen molar-refractivity contribution >= 4 is 47.7 Å². The van der Waals surface area contributed by atoms with Crippen LogP contribution in [0.5, 0.6) is 5.75 Å². The van der Waals surface area contributed by atoms with Crippen LogP contribution in [0.4, 0.5) is 17.3 Å². The second-order valence-electron chi connectivity index (χ2n) is 12.8. The minimum atomic E-state index is -0.544. The highest BCUT2D eigenvalue weighted by Crippen LogP contribution is 2.28. The van der Waals surface area contributed by atoms with Crippen LogP contribution in [0.2, 0.25) is 0 Å². The molecule has 0 aliphatic rings. The van der Waals surface area contributed by atoms with Gasteiger partial charge in [0, 0.05) is 60.2 Å². The van der Waals surface area contributed by atoms with Crippen molar-refractivity contribution in [1.29, 1.82) is 0 Å². The van der Waals surface area contributed by atoms with E-state index in [2.05, 4.69) is 49.2 Å². The standard InChI is InChI=1S/C33H45N7O4S/c1-32(2,3)30(43)39-26-11-7-9-23(36-26)19-34-17-21-15-25(38-28(41)13-14-45)16-22(29(21)42)18-35-20-24-10-8-12-27(37-24)40-31(44)33(4,5)6/h7-12,15-16,34-35,42,45H,13-14,17-20H2,1-6H3,(H,38,41)(H,36,39,43)(H,37,40,44). The molecule has 0 atom stereocenters. The van der Waals surface area contributed by atoms with Crippen molar-refractivity contribution in [3.05, 3.63) is 71.0 Å². The van der Waals surface area contributed by atoms with Crippen molar-refractivity contribution in [2.75, 3.05) is 21.7 Å². The number of rotatable bonds is 13. The number of benzene rings is 1. The van der Waals surface area contributed by atoms with E-state index in [1.165, 1.54) is 0 Å². The van der Waals surface area contributed by atoms with E-state index in [1.807, 2.05) is 65.8 Å². The van der Waals surface area contributed by atoms with Gasteiger partial charge < -0.3 is 31.7 Å². The van der Waals surface area contributed by atoms with Crippen LogP contribution >= 0.6 is 12.6 Å². The van der Waals surface area contributed by atoms with E-state index < -0.39 is 10.8 Å². The smallest absolute Gasteiger partial charge is 0.230 e. The Morgan fingerprint density at radius 1 is 0.711 bits per heavy atom. The second kappa shape index (κ2) is 15.8. The highest BCUT2D eigenvalue weighted by molar-refractivity contribution is 7.80. The van der Waals surface area contributed by atoms with Crippen molar-refractivity contribution < 1.29 is 19.5 Å². The molecule has 0 unspecified atom stereocenters. The Labute approximate surface area is 270 Å². The van der Waals surface area contributed by atoms with Gasteiger partial charge in [0.2, 0.25) is 17.7 Å². The van der Waals surface area contributed by atoms with Gasteiger partial charge in [0.05, 0.1) is 11.4 Å². The number of carbonyl (C=O) groups excluding carboxylic acids is 3. The molecule has 0 spiro atoms. The molecule has 0 fully saturated rings. The first-order valence-corrected chi connectivity index (χ1v) is 15.5. The third kappa shape index (κ3) is 11.5. The van der Waals surface area contributed by atoms with E-state index in [0.29, 0.717) is 60.4 Å². The van der Waals surface area contributed by atoms with Crippen molar-refractivity contribution in [2.24, 2.45) is 10.8 Å². The molecule has 45 heavy (non-hydrogen) atoms. The minimum Gasteiger partial charge on any atom is -0.507 e. The number of thiol groups is 1. The van der Waals surface area contributed by atoms with Crippen molar-refractivity contribution in [2.45, 2.75) is 74.1 Å². The molecule has 2 aromatic heterocycles. The third-order valence-corrected chi connectivity index (χ3v) is 6.82. The fourth-order valence-corrected chi connectivity index (χ4v) is 4.18. The summed E-state index contributed by atoms with van der Waals surface area (Å²) in [6.45, 7) is 12.4. The molecular weight excluding hydrogens is 590 g/mol. The number of phenolic OH excluding ortho intramolecular Hbond substituents is 1. The fraction of sp³-hybridized carbons (Fsp3) is 0.424. The Morgan fingerprint density at radius 2 is 1.16 bits per heavy atom. The van der Waals surface area contributed by atoms with Crippen LogP contribution in [-0.4, -0.2) is 38.5 Å². The minimum absolute atomic E-state index is 0.0977. The number of nitrogens with zero attached hydrogens (tertiary/aromatic N) is 2. The summed E-state index contributed by atoms with van der Waals surface area (Å²) in [6, 6.07) is 14.3. The van der Waals surface area contributed by atoms with Crippen LogP contribution in [0.25, 0.3) is 0 Å². The monoisotopic (exact) mass is 635 g/mol. The zero-order valence-electron chi connectivity index (χ0n) is 26.9.